The van der Waals surface area contributed by atoms with E-state index < -0.39 is 0 Å². The lowest BCUT2D eigenvalue weighted by Crippen LogP contribution is -2.37. The molecule has 3 heteroatoms. The van der Waals surface area contributed by atoms with Crippen molar-refractivity contribution in [2.75, 3.05) is 32.1 Å². The monoisotopic (exact) mass is 251 g/mol. The maximum Gasteiger partial charge on any atom is 0.0589 e. The van der Waals surface area contributed by atoms with Crippen LogP contribution in [0.5, 0.6) is 0 Å². The highest BCUT2D eigenvalue weighted by atomic mass is 79.9. The fraction of sp³-hybridized carbons (Fsp3) is 1.00. The van der Waals surface area contributed by atoms with Crippen molar-refractivity contribution in [1.82, 2.24) is 4.90 Å². The van der Waals surface area contributed by atoms with E-state index in [1.807, 2.05) is 0 Å². The number of alkyl halides is 1. The van der Waals surface area contributed by atoms with Crippen molar-refractivity contribution in [3.63, 3.8) is 0 Å². The Kier molecular flexibility index (Phi) is 8.01. The normalized spacial score (nSPS) is 14.1. The zero-order valence-electron chi connectivity index (χ0n) is 9.22. The van der Waals surface area contributed by atoms with Crippen LogP contribution in [0, 0.1) is 5.92 Å². The number of rotatable bonds is 7. The topological polar surface area (TPSA) is 12.5 Å². The van der Waals surface area contributed by atoms with E-state index in [-0.39, 0.29) is 0 Å². The quantitative estimate of drug-likeness (QED) is 0.645. The summed E-state index contributed by atoms with van der Waals surface area (Å²) in [5.74, 6) is 0.708. The predicted molar refractivity (Wildman–Crippen MR) is 61.5 cm³/mol. The number of methoxy groups -OCH3 is 1. The van der Waals surface area contributed by atoms with Gasteiger partial charge in [0.15, 0.2) is 0 Å². The average Bonchev–Trinajstić information content (AvgIpc) is 2.11. The van der Waals surface area contributed by atoms with Gasteiger partial charge in [-0.3, -0.25) is 4.90 Å². The molecule has 0 aromatic heterocycles. The third-order valence-electron chi connectivity index (χ3n) is 2.12. The van der Waals surface area contributed by atoms with Gasteiger partial charge in [-0.05, 0) is 19.8 Å². The molecular weight excluding hydrogens is 230 g/mol. The molecule has 0 amide bonds. The standard InChI is InChI=1S/C10H22BrNO/c1-9(2)12(5-6-13-4)8-10(3)7-11/h9-10H,5-8H2,1-4H3. The highest BCUT2D eigenvalue weighted by Gasteiger charge is 2.11. The average molecular weight is 252 g/mol. The summed E-state index contributed by atoms with van der Waals surface area (Å²) in [4.78, 5) is 2.45. The van der Waals surface area contributed by atoms with Crippen LogP contribution in [0.4, 0.5) is 0 Å². The van der Waals surface area contributed by atoms with Crippen LogP contribution in [0.3, 0.4) is 0 Å². The lowest BCUT2D eigenvalue weighted by atomic mass is 10.2. The first-order valence-corrected chi connectivity index (χ1v) is 6.02. The molecular formula is C10H22BrNO. The SMILES string of the molecule is COCCN(CC(C)CBr)C(C)C. The Morgan fingerprint density at radius 3 is 2.31 bits per heavy atom. The minimum atomic E-state index is 0.608. The summed E-state index contributed by atoms with van der Waals surface area (Å²) >= 11 is 3.50. The molecule has 1 atom stereocenters. The molecule has 0 aliphatic rings. The number of ether oxygens (including phenoxy) is 1. The van der Waals surface area contributed by atoms with Crippen LogP contribution in [0.1, 0.15) is 20.8 Å². The van der Waals surface area contributed by atoms with Crippen LogP contribution >= 0.6 is 15.9 Å². The van der Waals surface area contributed by atoms with Gasteiger partial charge in [0, 0.05) is 31.6 Å². The van der Waals surface area contributed by atoms with Crippen LogP contribution < -0.4 is 0 Å². The fourth-order valence-corrected chi connectivity index (χ4v) is 1.42. The molecule has 0 aromatic rings. The molecule has 0 aliphatic heterocycles. The van der Waals surface area contributed by atoms with Crippen molar-refractivity contribution in [1.29, 1.82) is 0 Å². The molecule has 0 saturated heterocycles. The zero-order valence-corrected chi connectivity index (χ0v) is 10.8. The van der Waals surface area contributed by atoms with Gasteiger partial charge >= 0.3 is 0 Å². The van der Waals surface area contributed by atoms with E-state index >= 15 is 0 Å². The van der Waals surface area contributed by atoms with E-state index in [2.05, 4.69) is 41.6 Å². The molecule has 0 saturated carbocycles. The van der Waals surface area contributed by atoms with E-state index in [9.17, 15) is 0 Å². The molecule has 80 valence electrons. The van der Waals surface area contributed by atoms with E-state index in [4.69, 9.17) is 4.74 Å². The summed E-state index contributed by atoms with van der Waals surface area (Å²) in [7, 11) is 1.76. The molecule has 0 aromatic carbocycles. The van der Waals surface area contributed by atoms with Crippen molar-refractivity contribution < 1.29 is 4.74 Å². The maximum atomic E-state index is 5.08. The molecule has 0 radical (unpaired) electrons. The smallest absolute Gasteiger partial charge is 0.0589 e. The van der Waals surface area contributed by atoms with Crippen molar-refractivity contribution in [2.24, 2.45) is 5.92 Å². The Labute approximate surface area is 90.8 Å². The van der Waals surface area contributed by atoms with Gasteiger partial charge in [0.2, 0.25) is 0 Å². The molecule has 0 bridgehead atoms. The first kappa shape index (κ1) is 13.4. The maximum absolute atomic E-state index is 5.08. The summed E-state index contributed by atoms with van der Waals surface area (Å²) < 4.78 is 5.08. The Bertz CT molecular complexity index is 119. The highest BCUT2D eigenvalue weighted by molar-refractivity contribution is 9.09. The van der Waals surface area contributed by atoms with Gasteiger partial charge in [0.1, 0.15) is 0 Å². The molecule has 2 nitrogen and oxygen atoms in total. The fourth-order valence-electron chi connectivity index (χ4n) is 1.22. The van der Waals surface area contributed by atoms with Crippen LogP contribution in [-0.4, -0.2) is 43.1 Å². The summed E-state index contributed by atoms with van der Waals surface area (Å²) in [5, 5.41) is 1.07. The van der Waals surface area contributed by atoms with Crippen LogP contribution in [-0.2, 0) is 4.74 Å². The number of hydrogen-bond acceptors (Lipinski definition) is 2. The lowest BCUT2D eigenvalue weighted by Gasteiger charge is -2.28. The largest absolute Gasteiger partial charge is 0.383 e. The van der Waals surface area contributed by atoms with Gasteiger partial charge in [-0.25, -0.2) is 0 Å². The summed E-state index contributed by atoms with van der Waals surface area (Å²) in [6.07, 6.45) is 0. The second kappa shape index (κ2) is 7.77. The van der Waals surface area contributed by atoms with Crippen molar-refractivity contribution in [3.8, 4) is 0 Å². The number of hydrogen-bond donors (Lipinski definition) is 0. The van der Waals surface area contributed by atoms with Gasteiger partial charge in [-0.2, -0.15) is 0 Å². The molecule has 0 N–H and O–H groups in total. The highest BCUT2D eigenvalue weighted by Crippen LogP contribution is 2.06. The van der Waals surface area contributed by atoms with Gasteiger partial charge in [0.05, 0.1) is 6.61 Å². The first-order chi connectivity index (χ1) is 6.11. The Balaban J connectivity index is 3.79. The number of halogens is 1. The van der Waals surface area contributed by atoms with E-state index in [1.165, 1.54) is 0 Å². The molecule has 0 rings (SSSR count). The van der Waals surface area contributed by atoms with Gasteiger partial charge in [-0.15, -0.1) is 0 Å². The van der Waals surface area contributed by atoms with Crippen LogP contribution in [0.2, 0.25) is 0 Å². The third-order valence-corrected chi connectivity index (χ3v) is 3.23. The lowest BCUT2D eigenvalue weighted by molar-refractivity contribution is 0.121. The molecule has 1 unspecified atom stereocenters. The first-order valence-electron chi connectivity index (χ1n) is 4.90. The van der Waals surface area contributed by atoms with Crippen molar-refractivity contribution in [3.05, 3.63) is 0 Å². The Hall–Kier alpha value is 0.400. The van der Waals surface area contributed by atoms with E-state index in [1.54, 1.807) is 7.11 Å². The molecule has 13 heavy (non-hydrogen) atoms. The van der Waals surface area contributed by atoms with Crippen molar-refractivity contribution >= 4 is 15.9 Å². The summed E-state index contributed by atoms with van der Waals surface area (Å²) in [6, 6.07) is 0.608. The second-order valence-corrected chi connectivity index (χ2v) is 4.49. The molecule has 0 fully saturated rings. The minimum Gasteiger partial charge on any atom is -0.383 e. The van der Waals surface area contributed by atoms with Gasteiger partial charge in [-0.1, -0.05) is 22.9 Å². The van der Waals surface area contributed by atoms with E-state index in [0.717, 1.165) is 25.0 Å². The number of nitrogens with zero attached hydrogens (tertiary/aromatic N) is 1. The molecule has 0 spiro atoms. The van der Waals surface area contributed by atoms with Crippen LogP contribution in [0.15, 0.2) is 0 Å². The summed E-state index contributed by atoms with van der Waals surface area (Å²) in [5.41, 5.74) is 0. The van der Waals surface area contributed by atoms with Gasteiger partial charge < -0.3 is 4.74 Å². The second-order valence-electron chi connectivity index (χ2n) is 3.84. The Morgan fingerprint density at radius 1 is 1.31 bits per heavy atom. The Morgan fingerprint density at radius 2 is 1.92 bits per heavy atom. The zero-order chi connectivity index (χ0) is 10.3. The van der Waals surface area contributed by atoms with E-state index in [0.29, 0.717) is 12.0 Å². The van der Waals surface area contributed by atoms with Crippen LogP contribution in [0.25, 0.3) is 0 Å². The van der Waals surface area contributed by atoms with Crippen molar-refractivity contribution in [2.45, 2.75) is 26.8 Å². The minimum absolute atomic E-state index is 0.608. The molecule has 0 aliphatic carbocycles. The summed E-state index contributed by atoms with van der Waals surface area (Å²) in [6.45, 7) is 9.73. The molecule has 0 heterocycles. The third kappa shape index (κ3) is 6.47. The van der Waals surface area contributed by atoms with Gasteiger partial charge in [0.25, 0.3) is 0 Å². The predicted octanol–water partition coefficient (Wildman–Crippen LogP) is 2.37.